The first kappa shape index (κ1) is 18.3. The Morgan fingerprint density at radius 3 is 2.54 bits per heavy atom. The van der Waals surface area contributed by atoms with Crippen molar-refractivity contribution in [3.8, 4) is 11.5 Å². The highest BCUT2D eigenvalue weighted by Crippen LogP contribution is 2.30. The molecule has 1 heterocycles. The van der Waals surface area contributed by atoms with Crippen LogP contribution in [0.5, 0.6) is 11.5 Å². The molecule has 128 valence electrons. The van der Waals surface area contributed by atoms with Gasteiger partial charge in [-0.1, -0.05) is 12.1 Å². The summed E-state index contributed by atoms with van der Waals surface area (Å²) in [4.78, 5) is 24.3. The lowest BCUT2D eigenvalue weighted by Crippen LogP contribution is -2.36. The number of benzene rings is 1. The van der Waals surface area contributed by atoms with Gasteiger partial charge in [-0.2, -0.15) is 0 Å². The first-order chi connectivity index (χ1) is 11.5. The lowest BCUT2D eigenvalue weighted by atomic mass is 10.2. The number of para-hydroxylation sites is 1. The lowest BCUT2D eigenvalue weighted by Gasteiger charge is -2.13. The largest absolute Gasteiger partial charge is 0.493 e. The summed E-state index contributed by atoms with van der Waals surface area (Å²) < 4.78 is 11.4. The van der Waals surface area contributed by atoms with Gasteiger partial charge in [0.25, 0.3) is 5.91 Å². The van der Waals surface area contributed by atoms with Crippen LogP contribution in [0.25, 0.3) is 0 Å². The Kier molecular flexibility index (Phi) is 6.62. The molecule has 0 unspecified atom stereocenters. The second kappa shape index (κ2) is 8.70. The van der Waals surface area contributed by atoms with Crippen molar-refractivity contribution >= 4 is 39.1 Å². The van der Waals surface area contributed by atoms with Crippen molar-refractivity contribution in [3.63, 3.8) is 0 Å². The third-order valence-electron chi connectivity index (χ3n) is 3.17. The van der Waals surface area contributed by atoms with E-state index in [1.54, 1.807) is 32.4 Å². The van der Waals surface area contributed by atoms with Crippen LogP contribution < -0.4 is 20.1 Å². The molecule has 2 N–H and O–H groups in total. The molecule has 0 atom stereocenters. The Morgan fingerprint density at radius 2 is 1.92 bits per heavy atom. The number of ether oxygens (including phenoxy) is 2. The monoisotopic (exact) mass is 412 g/mol. The minimum Gasteiger partial charge on any atom is -0.493 e. The number of carbonyl (C=O) groups excluding carboxylic acids is 2. The Labute approximate surface area is 152 Å². The Bertz CT molecular complexity index is 733. The summed E-state index contributed by atoms with van der Waals surface area (Å²) in [7, 11) is 3.10. The predicted molar refractivity (Wildman–Crippen MR) is 95.7 cm³/mol. The average Bonchev–Trinajstić information content (AvgIpc) is 3.03. The van der Waals surface area contributed by atoms with Crippen molar-refractivity contribution in [2.45, 2.75) is 6.54 Å². The van der Waals surface area contributed by atoms with Crippen molar-refractivity contribution in [2.75, 3.05) is 20.8 Å². The summed E-state index contributed by atoms with van der Waals surface area (Å²) in [5, 5.41) is 5.32. The van der Waals surface area contributed by atoms with E-state index in [-0.39, 0.29) is 24.9 Å². The predicted octanol–water partition coefficient (Wildman–Crippen LogP) is 2.57. The molecule has 24 heavy (non-hydrogen) atoms. The highest BCUT2D eigenvalue weighted by Gasteiger charge is 2.12. The number of hydrogen-bond donors (Lipinski definition) is 2. The topological polar surface area (TPSA) is 76.7 Å². The standard InChI is InChI=1S/C16H17BrN2O4S/c1-22-11-5-3-4-10(15(11)23-2)8-18-14(20)9-19-16(21)12-6-7-13(17)24-12/h3-7H,8-9H2,1-2H3,(H,18,20)(H,19,21). The van der Waals surface area contributed by atoms with E-state index in [4.69, 9.17) is 9.47 Å². The normalized spacial score (nSPS) is 10.1. The van der Waals surface area contributed by atoms with E-state index in [1.807, 2.05) is 12.1 Å². The summed E-state index contributed by atoms with van der Waals surface area (Å²) in [5.74, 6) is 0.609. The summed E-state index contributed by atoms with van der Waals surface area (Å²) >= 11 is 4.60. The first-order valence-electron chi connectivity index (χ1n) is 7.05. The van der Waals surface area contributed by atoms with Crippen LogP contribution in [-0.4, -0.2) is 32.6 Å². The van der Waals surface area contributed by atoms with E-state index in [0.717, 1.165) is 9.35 Å². The number of thiophene rings is 1. The molecule has 1 aromatic carbocycles. The molecule has 0 aliphatic carbocycles. The summed E-state index contributed by atoms with van der Waals surface area (Å²) in [5.41, 5.74) is 0.790. The van der Waals surface area contributed by atoms with Gasteiger partial charge in [-0.15, -0.1) is 11.3 Å². The first-order valence-corrected chi connectivity index (χ1v) is 8.66. The number of nitrogens with one attached hydrogen (secondary N) is 2. The molecule has 0 saturated heterocycles. The minimum absolute atomic E-state index is 0.0966. The van der Waals surface area contributed by atoms with E-state index >= 15 is 0 Å². The van der Waals surface area contributed by atoms with Crippen molar-refractivity contribution in [1.82, 2.24) is 10.6 Å². The van der Waals surface area contributed by atoms with Gasteiger partial charge in [0, 0.05) is 12.1 Å². The molecule has 6 nitrogen and oxygen atoms in total. The summed E-state index contributed by atoms with van der Waals surface area (Å²) in [6.45, 7) is 0.181. The molecule has 1 aromatic heterocycles. The van der Waals surface area contributed by atoms with Crippen LogP contribution in [0.4, 0.5) is 0 Å². The van der Waals surface area contributed by atoms with Gasteiger partial charge in [0.1, 0.15) is 0 Å². The molecule has 0 radical (unpaired) electrons. The molecule has 2 rings (SSSR count). The maximum absolute atomic E-state index is 11.9. The molecular weight excluding hydrogens is 396 g/mol. The fourth-order valence-corrected chi connectivity index (χ4v) is 3.34. The maximum Gasteiger partial charge on any atom is 0.261 e. The van der Waals surface area contributed by atoms with Gasteiger partial charge in [0.2, 0.25) is 5.91 Å². The van der Waals surface area contributed by atoms with Gasteiger partial charge in [-0.25, -0.2) is 0 Å². The molecule has 0 saturated carbocycles. The van der Waals surface area contributed by atoms with Crippen LogP contribution >= 0.6 is 27.3 Å². The zero-order valence-corrected chi connectivity index (χ0v) is 15.6. The highest BCUT2D eigenvalue weighted by atomic mass is 79.9. The molecule has 2 amide bonds. The van der Waals surface area contributed by atoms with E-state index in [0.29, 0.717) is 16.4 Å². The SMILES string of the molecule is COc1cccc(CNC(=O)CNC(=O)c2ccc(Br)s2)c1OC. The number of halogens is 1. The second-order valence-corrected chi connectivity index (χ2v) is 7.18. The number of carbonyl (C=O) groups is 2. The quantitative estimate of drug-likeness (QED) is 0.732. The van der Waals surface area contributed by atoms with Crippen LogP contribution in [-0.2, 0) is 11.3 Å². The Balaban J connectivity index is 1.86. The second-order valence-electron chi connectivity index (χ2n) is 4.72. The highest BCUT2D eigenvalue weighted by molar-refractivity contribution is 9.11. The molecule has 0 bridgehead atoms. The van der Waals surface area contributed by atoms with E-state index in [9.17, 15) is 9.59 Å². The fraction of sp³-hybridized carbons (Fsp3) is 0.250. The average molecular weight is 413 g/mol. The van der Waals surface area contributed by atoms with E-state index < -0.39 is 0 Å². The molecule has 0 fully saturated rings. The molecule has 8 heteroatoms. The number of hydrogen-bond acceptors (Lipinski definition) is 5. The molecule has 0 aliphatic heterocycles. The van der Waals surface area contributed by atoms with Crippen LogP contribution in [0.15, 0.2) is 34.1 Å². The number of methoxy groups -OCH3 is 2. The number of rotatable bonds is 7. The van der Waals surface area contributed by atoms with Gasteiger partial charge in [0.05, 0.1) is 29.4 Å². The van der Waals surface area contributed by atoms with Crippen molar-refractivity contribution < 1.29 is 19.1 Å². The van der Waals surface area contributed by atoms with Crippen molar-refractivity contribution in [1.29, 1.82) is 0 Å². The van der Waals surface area contributed by atoms with E-state index in [1.165, 1.54) is 11.3 Å². The van der Waals surface area contributed by atoms with Crippen LogP contribution in [0.1, 0.15) is 15.2 Å². The van der Waals surface area contributed by atoms with Gasteiger partial charge < -0.3 is 20.1 Å². The third kappa shape index (κ3) is 4.72. The van der Waals surface area contributed by atoms with Gasteiger partial charge in [-0.3, -0.25) is 9.59 Å². The van der Waals surface area contributed by atoms with Crippen LogP contribution in [0.3, 0.4) is 0 Å². The van der Waals surface area contributed by atoms with Crippen LogP contribution in [0, 0.1) is 0 Å². The summed E-state index contributed by atoms with van der Waals surface area (Å²) in [6.07, 6.45) is 0. The molecule has 2 aromatic rings. The van der Waals surface area contributed by atoms with Gasteiger partial charge in [-0.05, 0) is 34.1 Å². The van der Waals surface area contributed by atoms with Crippen molar-refractivity contribution in [3.05, 3.63) is 44.6 Å². The van der Waals surface area contributed by atoms with Gasteiger partial charge in [0.15, 0.2) is 11.5 Å². The smallest absolute Gasteiger partial charge is 0.261 e. The molecule has 0 aliphatic rings. The molecule has 0 spiro atoms. The Hall–Kier alpha value is -2.06. The zero-order valence-electron chi connectivity index (χ0n) is 13.2. The van der Waals surface area contributed by atoms with E-state index in [2.05, 4.69) is 26.6 Å². The summed E-state index contributed by atoms with van der Waals surface area (Å²) in [6, 6.07) is 8.92. The molecular formula is C16H17BrN2O4S. The Morgan fingerprint density at radius 1 is 1.12 bits per heavy atom. The third-order valence-corrected chi connectivity index (χ3v) is 4.79. The van der Waals surface area contributed by atoms with Gasteiger partial charge >= 0.3 is 0 Å². The van der Waals surface area contributed by atoms with Crippen molar-refractivity contribution in [2.24, 2.45) is 0 Å². The fourth-order valence-electron chi connectivity index (χ4n) is 2.03. The zero-order chi connectivity index (χ0) is 17.5. The van der Waals surface area contributed by atoms with Crippen LogP contribution in [0.2, 0.25) is 0 Å². The minimum atomic E-state index is -0.288. The maximum atomic E-state index is 11.9. The number of amides is 2. The lowest BCUT2D eigenvalue weighted by molar-refractivity contribution is -0.120.